The maximum Gasteiger partial charge on any atom is 0.220 e. The van der Waals surface area contributed by atoms with Crippen molar-refractivity contribution in [3.8, 4) is 0 Å². The molecule has 0 radical (unpaired) electrons. The van der Waals surface area contributed by atoms with Gasteiger partial charge in [0, 0.05) is 31.8 Å². The van der Waals surface area contributed by atoms with E-state index in [4.69, 9.17) is 0 Å². The quantitative estimate of drug-likeness (QED) is 0.764. The first-order chi connectivity index (χ1) is 8.99. The van der Waals surface area contributed by atoms with Crippen molar-refractivity contribution in [3.63, 3.8) is 0 Å². The Hall–Kier alpha value is -1.91. The van der Waals surface area contributed by atoms with E-state index < -0.39 is 0 Å². The first-order valence-electron chi connectivity index (χ1n) is 6.45. The number of nitrogens with zero attached hydrogens (tertiary/aromatic N) is 1. The van der Waals surface area contributed by atoms with Gasteiger partial charge in [-0.3, -0.25) is 14.6 Å². The summed E-state index contributed by atoms with van der Waals surface area (Å²) in [5.74, 6) is -0.0852. The molecule has 1 aromatic rings. The minimum Gasteiger partial charge on any atom is -0.356 e. The first-order valence-corrected chi connectivity index (χ1v) is 6.45. The van der Waals surface area contributed by atoms with E-state index in [1.807, 2.05) is 26.0 Å². The molecule has 2 N–H and O–H groups in total. The van der Waals surface area contributed by atoms with Crippen molar-refractivity contribution in [1.82, 2.24) is 15.6 Å². The Bertz CT molecular complexity index is 429. The first kappa shape index (κ1) is 15.1. The van der Waals surface area contributed by atoms with Crippen LogP contribution in [0.1, 0.15) is 44.0 Å². The van der Waals surface area contributed by atoms with Crippen LogP contribution >= 0.6 is 0 Å². The second kappa shape index (κ2) is 7.51. The van der Waals surface area contributed by atoms with Gasteiger partial charge in [-0.05, 0) is 31.9 Å². The third-order valence-corrected chi connectivity index (χ3v) is 2.77. The summed E-state index contributed by atoms with van der Waals surface area (Å²) in [5.41, 5.74) is 1.94. The number of pyridine rings is 1. The van der Waals surface area contributed by atoms with Gasteiger partial charge in [-0.15, -0.1) is 0 Å². The summed E-state index contributed by atoms with van der Waals surface area (Å²) in [4.78, 5) is 26.6. The average Bonchev–Trinajstić information content (AvgIpc) is 2.35. The number of aromatic nitrogens is 1. The van der Waals surface area contributed by atoms with Crippen LogP contribution in [0.3, 0.4) is 0 Å². The Morgan fingerprint density at radius 1 is 1.37 bits per heavy atom. The minimum absolute atomic E-state index is 0.0153. The average molecular weight is 263 g/mol. The van der Waals surface area contributed by atoms with E-state index in [9.17, 15) is 9.59 Å². The van der Waals surface area contributed by atoms with Crippen molar-refractivity contribution >= 4 is 11.8 Å². The molecule has 2 amide bonds. The van der Waals surface area contributed by atoms with E-state index in [1.165, 1.54) is 6.92 Å². The molecule has 0 spiro atoms. The summed E-state index contributed by atoms with van der Waals surface area (Å²) < 4.78 is 0. The van der Waals surface area contributed by atoms with Crippen molar-refractivity contribution in [2.24, 2.45) is 0 Å². The van der Waals surface area contributed by atoms with Crippen LogP contribution in [0, 0.1) is 6.92 Å². The molecule has 1 aromatic heterocycles. The Morgan fingerprint density at radius 2 is 2.11 bits per heavy atom. The van der Waals surface area contributed by atoms with Gasteiger partial charge in [-0.1, -0.05) is 6.07 Å². The fourth-order valence-electron chi connectivity index (χ4n) is 1.65. The molecule has 0 aliphatic carbocycles. The van der Waals surface area contributed by atoms with Gasteiger partial charge < -0.3 is 10.6 Å². The molecule has 0 saturated carbocycles. The van der Waals surface area contributed by atoms with E-state index in [-0.39, 0.29) is 17.9 Å². The Balaban J connectivity index is 2.31. The summed E-state index contributed by atoms with van der Waals surface area (Å²) in [6.07, 6.45) is 2.83. The summed E-state index contributed by atoms with van der Waals surface area (Å²) >= 11 is 0. The normalized spacial score (nSPS) is 11.7. The molecule has 0 saturated heterocycles. The van der Waals surface area contributed by atoms with Crippen LogP contribution < -0.4 is 10.6 Å². The molecule has 5 nitrogen and oxygen atoms in total. The zero-order chi connectivity index (χ0) is 14.3. The molecule has 0 aliphatic heterocycles. The summed E-state index contributed by atoms with van der Waals surface area (Å²) in [6, 6.07) is 3.83. The van der Waals surface area contributed by atoms with Gasteiger partial charge >= 0.3 is 0 Å². The SMILES string of the molecule is CC(=O)NCCCC(=O)N[C@H](C)c1ccc(C)nc1. The number of rotatable bonds is 6. The molecule has 104 valence electrons. The van der Waals surface area contributed by atoms with Crippen molar-refractivity contribution in [3.05, 3.63) is 29.6 Å². The summed E-state index contributed by atoms with van der Waals surface area (Å²) in [6.45, 7) is 5.85. The van der Waals surface area contributed by atoms with E-state index in [0.717, 1.165) is 11.3 Å². The predicted molar refractivity (Wildman–Crippen MR) is 73.4 cm³/mol. The van der Waals surface area contributed by atoms with Crippen molar-refractivity contribution in [1.29, 1.82) is 0 Å². The van der Waals surface area contributed by atoms with Gasteiger partial charge in [-0.2, -0.15) is 0 Å². The smallest absolute Gasteiger partial charge is 0.220 e. The third kappa shape index (κ3) is 5.99. The molecular formula is C14H21N3O2. The van der Waals surface area contributed by atoms with Crippen LogP contribution in [-0.2, 0) is 9.59 Å². The van der Waals surface area contributed by atoms with Crippen molar-refractivity contribution < 1.29 is 9.59 Å². The lowest BCUT2D eigenvalue weighted by Crippen LogP contribution is -2.28. The standard InChI is InChI=1S/C14H21N3O2/c1-10-6-7-13(9-16-10)11(2)17-14(19)5-4-8-15-12(3)18/h6-7,9,11H,4-5,8H2,1-3H3,(H,15,18)(H,17,19)/t11-/m1/s1. The molecule has 0 fully saturated rings. The summed E-state index contributed by atoms with van der Waals surface area (Å²) in [7, 11) is 0. The molecule has 5 heteroatoms. The number of amides is 2. The van der Waals surface area contributed by atoms with Gasteiger partial charge in [-0.25, -0.2) is 0 Å². The Labute approximate surface area is 113 Å². The van der Waals surface area contributed by atoms with Gasteiger partial charge in [0.05, 0.1) is 6.04 Å². The van der Waals surface area contributed by atoms with Crippen LogP contribution in [0.4, 0.5) is 0 Å². The highest BCUT2D eigenvalue weighted by molar-refractivity contribution is 5.76. The molecular weight excluding hydrogens is 242 g/mol. The molecule has 0 aliphatic rings. The fourth-order valence-corrected chi connectivity index (χ4v) is 1.65. The lowest BCUT2D eigenvalue weighted by atomic mass is 10.1. The van der Waals surface area contributed by atoms with Gasteiger partial charge in [0.15, 0.2) is 0 Å². The highest BCUT2D eigenvalue weighted by atomic mass is 16.2. The number of hydrogen-bond donors (Lipinski definition) is 2. The lowest BCUT2D eigenvalue weighted by molar-refractivity contribution is -0.122. The molecule has 1 rings (SSSR count). The topological polar surface area (TPSA) is 71.1 Å². The Kier molecular flexibility index (Phi) is 5.99. The van der Waals surface area contributed by atoms with E-state index >= 15 is 0 Å². The lowest BCUT2D eigenvalue weighted by Gasteiger charge is -2.14. The maximum absolute atomic E-state index is 11.7. The van der Waals surface area contributed by atoms with E-state index in [0.29, 0.717) is 19.4 Å². The van der Waals surface area contributed by atoms with Crippen molar-refractivity contribution in [2.75, 3.05) is 6.54 Å². The number of aryl methyl sites for hydroxylation is 1. The predicted octanol–water partition coefficient (Wildman–Crippen LogP) is 1.48. The third-order valence-electron chi connectivity index (χ3n) is 2.77. The molecule has 19 heavy (non-hydrogen) atoms. The largest absolute Gasteiger partial charge is 0.356 e. The fraction of sp³-hybridized carbons (Fsp3) is 0.500. The number of hydrogen-bond acceptors (Lipinski definition) is 3. The van der Waals surface area contributed by atoms with Crippen LogP contribution in [0.2, 0.25) is 0 Å². The maximum atomic E-state index is 11.7. The van der Waals surface area contributed by atoms with E-state index in [2.05, 4.69) is 15.6 Å². The minimum atomic E-state index is -0.0699. The van der Waals surface area contributed by atoms with Crippen LogP contribution in [0.5, 0.6) is 0 Å². The van der Waals surface area contributed by atoms with Crippen LogP contribution in [0.25, 0.3) is 0 Å². The van der Waals surface area contributed by atoms with Gasteiger partial charge in [0.25, 0.3) is 0 Å². The molecule has 0 bridgehead atoms. The number of carbonyl (C=O) groups is 2. The zero-order valence-electron chi connectivity index (χ0n) is 11.7. The highest BCUT2D eigenvalue weighted by Crippen LogP contribution is 2.11. The van der Waals surface area contributed by atoms with Crippen LogP contribution in [0.15, 0.2) is 18.3 Å². The zero-order valence-corrected chi connectivity index (χ0v) is 11.7. The molecule has 0 aromatic carbocycles. The molecule has 1 heterocycles. The highest BCUT2D eigenvalue weighted by Gasteiger charge is 2.09. The van der Waals surface area contributed by atoms with Gasteiger partial charge in [0.2, 0.25) is 11.8 Å². The molecule has 0 unspecified atom stereocenters. The molecule has 1 atom stereocenters. The summed E-state index contributed by atoms with van der Waals surface area (Å²) in [5, 5.41) is 5.58. The van der Waals surface area contributed by atoms with Gasteiger partial charge in [0.1, 0.15) is 0 Å². The monoisotopic (exact) mass is 263 g/mol. The van der Waals surface area contributed by atoms with Crippen LogP contribution in [-0.4, -0.2) is 23.3 Å². The second-order valence-electron chi connectivity index (χ2n) is 4.61. The Morgan fingerprint density at radius 3 is 2.68 bits per heavy atom. The second-order valence-corrected chi connectivity index (χ2v) is 4.61. The van der Waals surface area contributed by atoms with Crippen molar-refractivity contribution in [2.45, 2.75) is 39.7 Å². The van der Waals surface area contributed by atoms with E-state index in [1.54, 1.807) is 6.20 Å². The number of carbonyl (C=O) groups excluding carboxylic acids is 2. The number of nitrogens with one attached hydrogen (secondary N) is 2.